The van der Waals surface area contributed by atoms with E-state index >= 15 is 0 Å². The molecule has 0 unspecified atom stereocenters. The van der Waals surface area contributed by atoms with Crippen molar-refractivity contribution in [1.29, 1.82) is 0 Å². The van der Waals surface area contributed by atoms with E-state index in [9.17, 15) is 0 Å². The lowest BCUT2D eigenvalue weighted by atomic mass is 10.1. The topological polar surface area (TPSA) is 49.8 Å². The maximum absolute atomic E-state index is 6.52. The highest BCUT2D eigenvalue weighted by Gasteiger charge is 2.48. The van der Waals surface area contributed by atoms with Gasteiger partial charge in [-0.15, -0.1) is 11.3 Å². The first-order chi connectivity index (χ1) is 17.4. The summed E-state index contributed by atoms with van der Waals surface area (Å²) in [5.74, 6) is 0. The summed E-state index contributed by atoms with van der Waals surface area (Å²) in [5, 5.41) is 2.85. The van der Waals surface area contributed by atoms with Gasteiger partial charge in [0.05, 0.1) is 26.4 Å². The van der Waals surface area contributed by atoms with Crippen LogP contribution in [0.25, 0.3) is 0 Å². The summed E-state index contributed by atoms with van der Waals surface area (Å²) in [7, 11) is 0. The Morgan fingerprint density at radius 1 is 0.686 bits per heavy atom. The lowest BCUT2D eigenvalue weighted by molar-refractivity contribution is -0.0898. The maximum atomic E-state index is 6.52. The van der Waals surface area contributed by atoms with Crippen LogP contribution in [0.3, 0.4) is 0 Å². The zero-order chi connectivity index (χ0) is 23.7. The second-order valence-electron chi connectivity index (χ2n) is 8.49. The van der Waals surface area contributed by atoms with Crippen LogP contribution in [-0.4, -0.2) is 29.9 Å². The van der Waals surface area contributed by atoms with Gasteiger partial charge in [0, 0.05) is 11.6 Å². The lowest BCUT2D eigenvalue weighted by Crippen LogP contribution is -2.37. The van der Waals surface area contributed by atoms with Gasteiger partial charge in [0.25, 0.3) is 0 Å². The van der Waals surface area contributed by atoms with Crippen LogP contribution in [0.1, 0.15) is 27.8 Å². The number of nitrogens with zero attached hydrogens (tertiary/aromatic N) is 1. The highest BCUT2D eigenvalue weighted by molar-refractivity contribution is 7.09. The van der Waals surface area contributed by atoms with E-state index in [4.69, 9.17) is 18.9 Å². The molecule has 0 N–H and O–H groups in total. The monoisotopic (exact) mass is 487 g/mol. The van der Waals surface area contributed by atoms with Crippen molar-refractivity contribution in [1.82, 2.24) is 4.98 Å². The molecule has 0 radical (unpaired) electrons. The standard InChI is InChI=1S/C29H29NO4S/c1-4-10-22(11-5-1)18-31-21-25-26(32-19-23-12-6-2-7-13-23)27(28(34-25)29-30-16-17-35-29)33-20-24-14-8-3-9-15-24/h1-17,25-28H,18-21H2/t25-,26-,27+,28+/m1/s1. The van der Waals surface area contributed by atoms with Crippen LogP contribution < -0.4 is 0 Å². The van der Waals surface area contributed by atoms with Gasteiger partial charge < -0.3 is 18.9 Å². The molecule has 1 saturated heterocycles. The van der Waals surface area contributed by atoms with Gasteiger partial charge in [0.1, 0.15) is 29.4 Å². The molecule has 4 aromatic rings. The Morgan fingerprint density at radius 2 is 1.23 bits per heavy atom. The summed E-state index contributed by atoms with van der Waals surface area (Å²) in [6, 6.07) is 30.5. The minimum atomic E-state index is -0.315. The molecule has 4 atom stereocenters. The first kappa shape index (κ1) is 23.9. The molecule has 1 aliphatic heterocycles. The summed E-state index contributed by atoms with van der Waals surface area (Å²) in [6.07, 6.45) is 0.595. The molecule has 0 spiro atoms. The molecule has 1 fully saturated rings. The van der Waals surface area contributed by atoms with Crippen molar-refractivity contribution < 1.29 is 18.9 Å². The van der Waals surface area contributed by atoms with Gasteiger partial charge >= 0.3 is 0 Å². The number of aromatic nitrogens is 1. The van der Waals surface area contributed by atoms with E-state index in [1.165, 1.54) is 0 Å². The normalized spacial score (nSPS) is 21.8. The molecule has 5 rings (SSSR count). The van der Waals surface area contributed by atoms with Gasteiger partial charge in [-0.2, -0.15) is 0 Å². The molecule has 1 aliphatic rings. The number of thiazole rings is 1. The SMILES string of the molecule is c1ccc(COC[C@H]2O[C@H](c3nccs3)[C@@H](OCc3ccccc3)[C@@H]2OCc2ccccc2)cc1. The fourth-order valence-electron chi connectivity index (χ4n) is 4.22. The molecule has 0 amide bonds. The highest BCUT2D eigenvalue weighted by atomic mass is 32.1. The van der Waals surface area contributed by atoms with Crippen LogP contribution in [-0.2, 0) is 38.8 Å². The smallest absolute Gasteiger partial charge is 0.138 e. The van der Waals surface area contributed by atoms with E-state index in [1.807, 2.05) is 60.0 Å². The Morgan fingerprint density at radius 3 is 1.77 bits per heavy atom. The first-order valence-corrected chi connectivity index (χ1v) is 12.7. The Hall–Kier alpha value is -2.87. The van der Waals surface area contributed by atoms with Crippen molar-refractivity contribution in [3.63, 3.8) is 0 Å². The molecular weight excluding hydrogens is 458 g/mol. The molecule has 1 aromatic heterocycles. The second-order valence-corrected chi connectivity index (χ2v) is 9.41. The molecule has 0 aliphatic carbocycles. The zero-order valence-corrected chi connectivity index (χ0v) is 20.3. The van der Waals surface area contributed by atoms with E-state index in [2.05, 4.69) is 41.4 Å². The van der Waals surface area contributed by atoms with Crippen LogP contribution in [0.4, 0.5) is 0 Å². The third-order valence-corrected chi connectivity index (χ3v) is 6.81. The van der Waals surface area contributed by atoms with E-state index in [-0.39, 0.29) is 24.4 Å². The summed E-state index contributed by atoms with van der Waals surface area (Å²) in [5.41, 5.74) is 3.34. The lowest BCUT2D eigenvalue weighted by Gasteiger charge is -2.25. The van der Waals surface area contributed by atoms with Crippen LogP contribution in [0.15, 0.2) is 103 Å². The molecule has 180 valence electrons. The molecule has 35 heavy (non-hydrogen) atoms. The van der Waals surface area contributed by atoms with Gasteiger partial charge in [-0.1, -0.05) is 91.0 Å². The number of benzene rings is 3. The third-order valence-electron chi connectivity index (χ3n) is 5.97. The third kappa shape index (κ3) is 6.42. The Balaban J connectivity index is 1.33. The highest BCUT2D eigenvalue weighted by Crippen LogP contribution is 2.39. The van der Waals surface area contributed by atoms with E-state index < -0.39 is 0 Å². The van der Waals surface area contributed by atoms with Gasteiger partial charge in [0.2, 0.25) is 0 Å². The van der Waals surface area contributed by atoms with Gasteiger partial charge in [-0.25, -0.2) is 4.98 Å². The number of hydrogen-bond donors (Lipinski definition) is 0. The number of ether oxygens (including phenoxy) is 4. The molecular formula is C29H29NO4S. The Bertz CT molecular complexity index is 1130. The summed E-state index contributed by atoms with van der Waals surface area (Å²) in [6.45, 7) is 1.87. The molecule has 0 saturated carbocycles. The van der Waals surface area contributed by atoms with Crippen LogP contribution in [0, 0.1) is 0 Å². The van der Waals surface area contributed by atoms with Crippen LogP contribution in [0.5, 0.6) is 0 Å². The minimum Gasteiger partial charge on any atom is -0.374 e. The van der Waals surface area contributed by atoms with Crippen molar-refractivity contribution in [3.05, 3.63) is 124 Å². The van der Waals surface area contributed by atoms with Crippen molar-refractivity contribution in [2.75, 3.05) is 6.61 Å². The molecule has 0 bridgehead atoms. The van der Waals surface area contributed by atoms with Crippen molar-refractivity contribution in [2.24, 2.45) is 0 Å². The molecule has 3 aromatic carbocycles. The average Bonchev–Trinajstić information content (AvgIpc) is 3.56. The maximum Gasteiger partial charge on any atom is 0.138 e. The fourth-order valence-corrected chi connectivity index (χ4v) is 4.93. The predicted octanol–water partition coefficient (Wildman–Crippen LogP) is 5.97. The van der Waals surface area contributed by atoms with Gasteiger partial charge in [-0.05, 0) is 16.7 Å². The van der Waals surface area contributed by atoms with E-state index in [1.54, 1.807) is 17.5 Å². The molecule has 5 nitrogen and oxygen atoms in total. The zero-order valence-electron chi connectivity index (χ0n) is 19.4. The minimum absolute atomic E-state index is 0.280. The van der Waals surface area contributed by atoms with Crippen LogP contribution >= 0.6 is 11.3 Å². The molecule has 2 heterocycles. The van der Waals surface area contributed by atoms with Crippen molar-refractivity contribution >= 4 is 11.3 Å². The summed E-state index contributed by atoms with van der Waals surface area (Å²) >= 11 is 1.57. The number of hydrogen-bond acceptors (Lipinski definition) is 6. The summed E-state index contributed by atoms with van der Waals surface area (Å²) < 4.78 is 25.6. The summed E-state index contributed by atoms with van der Waals surface area (Å²) in [4.78, 5) is 4.54. The van der Waals surface area contributed by atoms with Crippen molar-refractivity contribution in [2.45, 2.75) is 44.2 Å². The van der Waals surface area contributed by atoms with Crippen LogP contribution in [0.2, 0.25) is 0 Å². The van der Waals surface area contributed by atoms with E-state index in [0.717, 1.165) is 21.7 Å². The Kier molecular flexibility index (Phi) is 8.31. The van der Waals surface area contributed by atoms with Gasteiger partial charge in [-0.3, -0.25) is 0 Å². The Labute approximate surface area is 210 Å². The fraction of sp³-hybridized carbons (Fsp3) is 0.276. The predicted molar refractivity (Wildman–Crippen MR) is 136 cm³/mol. The average molecular weight is 488 g/mol. The second kappa shape index (κ2) is 12.2. The first-order valence-electron chi connectivity index (χ1n) is 11.8. The quantitative estimate of drug-likeness (QED) is 0.261. The van der Waals surface area contributed by atoms with E-state index in [0.29, 0.717) is 26.4 Å². The van der Waals surface area contributed by atoms with Gasteiger partial charge in [0.15, 0.2) is 0 Å². The van der Waals surface area contributed by atoms with Crippen molar-refractivity contribution in [3.8, 4) is 0 Å². The molecule has 6 heteroatoms. The number of rotatable bonds is 11. The largest absolute Gasteiger partial charge is 0.374 e.